The molecule has 7 heteroatoms. The average Bonchev–Trinajstić information content (AvgIpc) is 3.21. The fourth-order valence-corrected chi connectivity index (χ4v) is 4.40. The van der Waals surface area contributed by atoms with E-state index in [1.807, 2.05) is 31.3 Å². The molecule has 5 nitrogen and oxygen atoms in total. The minimum atomic E-state index is -0.272. The molecule has 32 heavy (non-hydrogen) atoms. The summed E-state index contributed by atoms with van der Waals surface area (Å²) in [6.45, 7) is 3.21. The van der Waals surface area contributed by atoms with Gasteiger partial charge in [0.1, 0.15) is 11.6 Å². The van der Waals surface area contributed by atoms with Gasteiger partial charge in [-0.2, -0.15) is 0 Å². The minimum absolute atomic E-state index is 0.272. The molecule has 0 saturated heterocycles. The first-order valence-corrected chi connectivity index (χ1v) is 10.9. The molecule has 2 aromatic carbocycles. The number of nitrogens with zero attached hydrogens (tertiary/aromatic N) is 3. The molecular weight excluding hydrogens is 408 g/mol. The summed E-state index contributed by atoms with van der Waals surface area (Å²) in [4.78, 5) is 0. The number of hydrogen-bond donors (Lipinski definition) is 2. The highest BCUT2D eigenvalue weighted by Gasteiger charge is 2.18. The highest BCUT2D eigenvalue weighted by Crippen LogP contribution is 2.30. The largest absolute Gasteiger partial charge is 0.313 e. The van der Waals surface area contributed by atoms with Crippen LogP contribution in [0.5, 0.6) is 0 Å². The van der Waals surface area contributed by atoms with Crippen molar-refractivity contribution in [2.24, 2.45) is 7.05 Å². The molecule has 0 radical (unpaired) electrons. The van der Waals surface area contributed by atoms with Crippen molar-refractivity contribution in [2.45, 2.75) is 12.8 Å². The quantitative estimate of drug-likeness (QED) is 0.648. The highest BCUT2D eigenvalue weighted by molar-refractivity contribution is 5.72. The average molecular weight is 434 g/mol. The molecule has 0 unspecified atom stereocenters. The van der Waals surface area contributed by atoms with Crippen LogP contribution in [0.2, 0.25) is 0 Å². The Kier molecular flexibility index (Phi) is 5.68. The van der Waals surface area contributed by atoms with Crippen LogP contribution in [-0.4, -0.2) is 40.9 Å². The van der Waals surface area contributed by atoms with Gasteiger partial charge < -0.3 is 15.2 Å². The summed E-state index contributed by atoms with van der Waals surface area (Å²) in [7, 11) is 1.81. The molecule has 0 bridgehead atoms. The van der Waals surface area contributed by atoms with Crippen molar-refractivity contribution >= 4 is 11.1 Å². The van der Waals surface area contributed by atoms with Crippen molar-refractivity contribution in [3.05, 3.63) is 71.3 Å². The van der Waals surface area contributed by atoms with Crippen LogP contribution in [0.1, 0.15) is 24.0 Å². The Labute approximate surface area is 185 Å². The molecule has 2 aliphatic rings. The predicted octanol–water partition coefficient (Wildman–Crippen LogP) is 4.18. The summed E-state index contributed by atoms with van der Waals surface area (Å²) in [6.07, 6.45) is 5.67. The van der Waals surface area contributed by atoms with Crippen LogP contribution >= 0.6 is 0 Å². The van der Waals surface area contributed by atoms with E-state index in [1.54, 1.807) is 16.7 Å². The second kappa shape index (κ2) is 8.76. The molecule has 2 aliphatic heterocycles. The third-order valence-electron chi connectivity index (χ3n) is 6.15. The standard InChI is InChI=1S/C25H25F2N5/c1-32-24(18-2-4-20(22(26)14-18)16-6-10-28-11-7-16)30-31-25(32)19-3-5-21(23(27)15-19)17-8-12-29-13-9-17/h2-6,8,14-15,28-29H,7,9-13H2,1H3. The summed E-state index contributed by atoms with van der Waals surface area (Å²) in [5, 5.41) is 15.0. The molecule has 5 rings (SSSR count). The van der Waals surface area contributed by atoms with Crippen LogP contribution in [0, 0.1) is 11.6 Å². The molecule has 3 aromatic rings. The van der Waals surface area contributed by atoms with E-state index >= 15 is 0 Å². The van der Waals surface area contributed by atoms with Gasteiger partial charge in [0.25, 0.3) is 0 Å². The van der Waals surface area contributed by atoms with Crippen LogP contribution in [-0.2, 0) is 7.05 Å². The maximum atomic E-state index is 14.9. The number of hydrogen-bond acceptors (Lipinski definition) is 4. The van der Waals surface area contributed by atoms with Gasteiger partial charge in [-0.25, -0.2) is 8.78 Å². The maximum Gasteiger partial charge on any atom is 0.164 e. The lowest BCUT2D eigenvalue weighted by molar-refractivity contribution is 0.621. The van der Waals surface area contributed by atoms with Crippen molar-refractivity contribution in [3.63, 3.8) is 0 Å². The van der Waals surface area contributed by atoms with E-state index in [0.717, 1.165) is 50.2 Å². The van der Waals surface area contributed by atoms with Crippen LogP contribution in [0.3, 0.4) is 0 Å². The van der Waals surface area contributed by atoms with E-state index in [9.17, 15) is 8.78 Å². The highest BCUT2D eigenvalue weighted by atomic mass is 19.1. The Bertz CT molecular complexity index is 1130. The third kappa shape index (κ3) is 3.89. The zero-order valence-corrected chi connectivity index (χ0v) is 18.0. The lowest BCUT2D eigenvalue weighted by Gasteiger charge is -2.15. The monoisotopic (exact) mass is 433 g/mol. The van der Waals surface area contributed by atoms with Crippen LogP contribution in [0.15, 0.2) is 48.6 Å². The number of rotatable bonds is 4. The van der Waals surface area contributed by atoms with E-state index in [0.29, 0.717) is 33.9 Å². The molecule has 1 aromatic heterocycles. The van der Waals surface area contributed by atoms with Gasteiger partial charge in [0.2, 0.25) is 0 Å². The zero-order valence-electron chi connectivity index (χ0n) is 18.0. The summed E-state index contributed by atoms with van der Waals surface area (Å²) in [6, 6.07) is 10.3. The lowest BCUT2D eigenvalue weighted by atomic mass is 9.98. The third-order valence-corrected chi connectivity index (χ3v) is 6.15. The van der Waals surface area contributed by atoms with E-state index in [-0.39, 0.29) is 11.6 Å². The SMILES string of the molecule is Cn1c(-c2ccc(C3=CCNCC3)c(F)c2)nnc1-c1ccc(C2=CCNCC2)c(F)c1. The first-order chi connectivity index (χ1) is 15.6. The summed E-state index contributed by atoms with van der Waals surface area (Å²) >= 11 is 0. The van der Waals surface area contributed by atoms with Gasteiger partial charge in [-0.3, -0.25) is 0 Å². The van der Waals surface area contributed by atoms with Crippen molar-refractivity contribution in [2.75, 3.05) is 26.2 Å². The Morgan fingerprint density at radius 1 is 0.750 bits per heavy atom. The maximum absolute atomic E-state index is 14.9. The van der Waals surface area contributed by atoms with Crippen LogP contribution in [0.4, 0.5) is 8.78 Å². The van der Waals surface area contributed by atoms with Crippen molar-refractivity contribution < 1.29 is 8.78 Å². The molecular formula is C25H25F2N5. The van der Waals surface area contributed by atoms with Crippen molar-refractivity contribution in [3.8, 4) is 22.8 Å². The van der Waals surface area contributed by atoms with Gasteiger partial charge in [-0.05, 0) is 49.2 Å². The second-order valence-electron chi connectivity index (χ2n) is 8.16. The van der Waals surface area contributed by atoms with Gasteiger partial charge in [0.15, 0.2) is 11.6 Å². The molecule has 0 amide bonds. The number of benzene rings is 2. The van der Waals surface area contributed by atoms with Gasteiger partial charge >= 0.3 is 0 Å². The lowest BCUT2D eigenvalue weighted by Crippen LogP contribution is -2.20. The number of halogens is 2. The second-order valence-corrected chi connectivity index (χ2v) is 8.16. The van der Waals surface area contributed by atoms with Gasteiger partial charge in [-0.15, -0.1) is 10.2 Å². The molecule has 0 aliphatic carbocycles. The summed E-state index contributed by atoms with van der Waals surface area (Å²) < 4.78 is 31.5. The van der Waals surface area contributed by atoms with E-state index in [4.69, 9.17) is 0 Å². The molecule has 3 heterocycles. The molecule has 0 fully saturated rings. The fraction of sp³-hybridized carbons (Fsp3) is 0.280. The first-order valence-electron chi connectivity index (χ1n) is 10.9. The van der Waals surface area contributed by atoms with Crippen molar-refractivity contribution in [1.82, 2.24) is 25.4 Å². The summed E-state index contributed by atoms with van der Waals surface area (Å²) in [5.41, 5.74) is 4.57. The van der Waals surface area contributed by atoms with E-state index in [1.165, 1.54) is 12.1 Å². The van der Waals surface area contributed by atoms with Gasteiger partial charge in [0.05, 0.1) is 0 Å². The number of nitrogens with one attached hydrogen (secondary N) is 2. The molecule has 0 atom stereocenters. The summed E-state index contributed by atoms with van der Waals surface area (Å²) in [5.74, 6) is 0.530. The Morgan fingerprint density at radius 3 is 1.59 bits per heavy atom. The Balaban J connectivity index is 1.45. The Morgan fingerprint density at radius 2 is 1.22 bits per heavy atom. The predicted molar refractivity (Wildman–Crippen MR) is 123 cm³/mol. The minimum Gasteiger partial charge on any atom is -0.313 e. The fourth-order valence-electron chi connectivity index (χ4n) is 4.40. The van der Waals surface area contributed by atoms with E-state index in [2.05, 4.69) is 20.8 Å². The molecule has 164 valence electrons. The topological polar surface area (TPSA) is 54.8 Å². The Hall–Kier alpha value is -3.16. The van der Waals surface area contributed by atoms with Crippen LogP contribution in [0.25, 0.3) is 33.9 Å². The first kappa shape index (κ1) is 20.7. The van der Waals surface area contributed by atoms with Gasteiger partial charge in [-0.1, -0.05) is 36.4 Å². The van der Waals surface area contributed by atoms with Crippen molar-refractivity contribution in [1.29, 1.82) is 0 Å². The van der Waals surface area contributed by atoms with Gasteiger partial charge in [0, 0.05) is 42.4 Å². The molecule has 2 N–H and O–H groups in total. The zero-order chi connectivity index (χ0) is 22.1. The molecule has 0 spiro atoms. The van der Waals surface area contributed by atoms with E-state index < -0.39 is 0 Å². The number of aromatic nitrogens is 3. The normalized spacial score (nSPS) is 16.6. The molecule has 0 saturated carbocycles. The van der Waals surface area contributed by atoms with Crippen LogP contribution < -0.4 is 10.6 Å². The smallest absolute Gasteiger partial charge is 0.164 e.